The van der Waals surface area contributed by atoms with Crippen LogP contribution in [0.5, 0.6) is 0 Å². The van der Waals surface area contributed by atoms with Crippen molar-refractivity contribution >= 4 is 21.9 Å². The van der Waals surface area contributed by atoms with E-state index in [4.69, 9.17) is 27.7 Å². The predicted molar refractivity (Wildman–Crippen MR) is 171 cm³/mol. The number of rotatable bonds is 24. The molecule has 0 unspecified atom stereocenters. The van der Waals surface area contributed by atoms with Crippen molar-refractivity contribution in [3.63, 3.8) is 0 Å². The molecule has 0 aromatic heterocycles. The first-order valence-electron chi connectivity index (χ1n) is 15.5. The van der Waals surface area contributed by atoms with Crippen LogP contribution in [0, 0.1) is 5.92 Å². The summed E-state index contributed by atoms with van der Waals surface area (Å²) in [7, 11) is -5.57. The van der Waals surface area contributed by atoms with E-state index in [0.29, 0.717) is 49.0 Å². The van der Waals surface area contributed by atoms with Crippen molar-refractivity contribution in [2.45, 2.75) is 112 Å². The number of allylic oxidation sites excluding steroid dienone is 2. The van der Waals surface area contributed by atoms with Crippen LogP contribution in [0.25, 0.3) is 0 Å². The summed E-state index contributed by atoms with van der Waals surface area (Å²) in [6.45, 7) is 26.5. The summed E-state index contributed by atoms with van der Waals surface area (Å²) in [4.78, 5) is 12.2. The van der Waals surface area contributed by atoms with Crippen molar-refractivity contribution in [2.24, 2.45) is 5.92 Å². The first kappa shape index (κ1) is 40.2. The number of carbonyl (C=O) groups excluding carboxylic acids is 1. The lowest BCUT2D eigenvalue weighted by Crippen LogP contribution is -2.50. The zero-order valence-electron chi connectivity index (χ0n) is 27.9. The minimum Gasteiger partial charge on any atom is -0.461 e. The van der Waals surface area contributed by atoms with Crippen molar-refractivity contribution in [2.75, 3.05) is 52.4 Å². The van der Waals surface area contributed by atoms with E-state index in [0.717, 1.165) is 18.4 Å². The highest BCUT2D eigenvalue weighted by molar-refractivity contribution is 7.54. The van der Waals surface area contributed by atoms with Gasteiger partial charge < -0.3 is 27.7 Å². The third-order valence-electron chi connectivity index (χ3n) is 7.18. The van der Waals surface area contributed by atoms with E-state index in [9.17, 15) is 9.36 Å². The summed E-state index contributed by atoms with van der Waals surface area (Å²) in [5.74, 6) is -0.201. The largest absolute Gasteiger partial charge is 0.461 e. The zero-order valence-corrected chi connectivity index (χ0v) is 29.8. The molecule has 8 nitrogen and oxygen atoms in total. The molecule has 0 heterocycles. The van der Waals surface area contributed by atoms with Crippen LogP contribution in [-0.2, 0) is 37.0 Å². The zero-order chi connectivity index (χ0) is 31.5. The minimum absolute atomic E-state index is 0.0195. The van der Waals surface area contributed by atoms with E-state index < -0.39 is 28.0 Å². The van der Waals surface area contributed by atoms with E-state index >= 15 is 0 Å². The Kier molecular flexibility index (Phi) is 21.4. The number of hydrogen-bond acceptors (Lipinski definition) is 8. The molecule has 242 valence electrons. The molecule has 0 aromatic carbocycles. The molecule has 0 saturated heterocycles. The number of carbonyl (C=O) groups is 1. The normalized spacial score (nSPS) is 14.9. The van der Waals surface area contributed by atoms with Gasteiger partial charge in [-0.2, -0.15) is 0 Å². The molecule has 0 bridgehead atoms. The summed E-state index contributed by atoms with van der Waals surface area (Å²) in [5.41, 5.74) is 2.41. The molecule has 0 spiro atoms. The Balaban J connectivity index is 5.45. The van der Waals surface area contributed by atoms with Crippen LogP contribution in [0.2, 0.25) is 16.6 Å². The number of ether oxygens (including phenoxy) is 3. The lowest BCUT2D eigenvalue weighted by molar-refractivity contribution is -0.139. The van der Waals surface area contributed by atoms with Crippen molar-refractivity contribution in [1.29, 1.82) is 0 Å². The minimum atomic E-state index is -3.48. The second kappa shape index (κ2) is 21.8. The van der Waals surface area contributed by atoms with Crippen LogP contribution in [0.15, 0.2) is 23.8 Å². The molecule has 0 aliphatic rings. The highest BCUT2D eigenvalue weighted by Crippen LogP contribution is 2.48. The SMILES string of the molecule is CCOCCOC[C@@H](C)CC[C@H](/C=C/C(C)=C\COC(=O)CP(=O)(OCC)OCC)O[Si](C(C)C)(C(C)C)C(C)C. The average molecular weight is 621 g/mol. The Bertz CT molecular complexity index is 780. The molecule has 10 heteroatoms. The van der Waals surface area contributed by atoms with Crippen molar-refractivity contribution in [1.82, 2.24) is 0 Å². The summed E-state index contributed by atoms with van der Waals surface area (Å²) in [6.07, 6.45) is 7.52. The topological polar surface area (TPSA) is 89.5 Å². The smallest absolute Gasteiger partial charge is 0.341 e. The van der Waals surface area contributed by atoms with Crippen molar-refractivity contribution < 1.29 is 37.0 Å². The Morgan fingerprint density at radius 1 is 0.829 bits per heavy atom. The first-order valence-corrected chi connectivity index (χ1v) is 19.4. The molecule has 0 amide bonds. The Labute approximate surface area is 252 Å². The summed E-state index contributed by atoms with van der Waals surface area (Å²) >= 11 is 0. The van der Waals surface area contributed by atoms with Gasteiger partial charge in [0.1, 0.15) is 12.8 Å². The van der Waals surface area contributed by atoms with Gasteiger partial charge in [-0.05, 0) is 69.2 Å². The Morgan fingerprint density at radius 3 is 1.90 bits per heavy atom. The van der Waals surface area contributed by atoms with Gasteiger partial charge in [0.15, 0.2) is 0 Å². The van der Waals surface area contributed by atoms with Crippen LogP contribution in [0.3, 0.4) is 0 Å². The van der Waals surface area contributed by atoms with Gasteiger partial charge in [0.05, 0.1) is 32.5 Å². The van der Waals surface area contributed by atoms with Gasteiger partial charge in [0.2, 0.25) is 8.32 Å². The molecule has 0 rings (SSSR count). The van der Waals surface area contributed by atoms with Crippen LogP contribution in [0.1, 0.15) is 89.0 Å². The predicted octanol–water partition coefficient (Wildman–Crippen LogP) is 8.33. The molecule has 0 aliphatic heterocycles. The fraction of sp³-hybridized carbons (Fsp3) is 0.839. The Hall–Kier alpha value is -0.803. The summed E-state index contributed by atoms with van der Waals surface area (Å²) in [5, 5.41) is 0. The first-order chi connectivity index (χ1) is 19.3. The summed E-state index contributed by atoms with van der Waals surface area (Å²) in [6, 6.07) is 0. The molecule has 0 fully saturated rings. The average Bonchev–Trinajstić information content (AvgIpc) is 2.87. The fourth-order valence-corrected chi connectivity index (χ4v) is 12.3. The van der Waals surface area contributed by atoms with Crippen LogP contribution < -0.4 is 0 Å². The van der Waals surface area contributed by atoms with Crippen molar-refractivity contribution in [3.8, 4) is 0 Å². The van der Waals surface area contributed by atoms with Gasteiger partial charge >= 0.3 is 13.6 Å². The molecular weight excluding hydrogens is 559 g/mol. The highest BCUT2D eigenvalue weighted by Gasteiger charge is 2.46. The number of hydrogen-bond donors (Lipinski definition) is 0. The van der Waals surface area contributed by atoms with E-state index in [2.05, 4.69) is 54.5 Å². The lowest BCUT2D eigenvalue weighted by Gasteiger charge is -2.44. The third-order valence-corrected chi connectivity index (χ3v) is 15.3. The van der Waals surface area contributed by atoms with E-state index in [1.54, 1.807) is 13.8 Å². The van der Waals surface area contributed by atoms with Crippen molar-refractivity contribution in [3.05, 3.63) is 23.8 Å². The van der Waals surface area contributed by atoms with Gasteiger partial charge in [-0.15, -0.1) is 0 Å². The monoisotopic (exact) mass is 620 g/mol. The molecule has 0 radical (unpaired) electrons. The molecule has 0 saturated carbocycles. The molecule has 0 aromatic rings. The molecular formula is C31H61O8PSi. The van der Waals surface area contributed by atoms with E-state index in [1.165, 1.54) is 0 Å². The quantitative estimate of drug-likeness (QED) is 0.0350. The molecule has 41 heavy (non-hydrogen) atoms. The molecule has 2 atom stereocenters. The maximum Gasteiger partial charge on any atom is 0.341 e. The van der Waals surface area contributed by atoms with Crippen LogP contribution in [0.4, 0.5) is 0 Å². The fourth-order valence-electron chi connectivity index (χ4n) is 5.26. The van der Waals surface area contributed by atoms with Gasteiger partial charge in [-0.3, -0.25) is 9.36 Å². The highest BCUT2D eigenvalue weighted by atomic mass is 31.2. The van der Waals surface area contributed by atoms with Crippen LogP contribution >= 0.6 is 7.60 Å². The second-order valence-electron chi connectivity index (χ2n) is 11.5. The second-order valence-corrected chi connectivity index (χ2v) is 19.0. The van der Waals surface area contributed by atoms with E-state index in [-0.39, 0.29) is 25.9 Å². The third kappa shape index (κ3) is 16.0. The number of esters is 1. The Morgan fingerprint density at radius 2 is 1.39 bits per heavy atom. The van der Waals surface area contributed by atoms with Crippen LogP contribution in [-0.4, -0.2) is 72.8 Å². The van der Waals surface area contributed by atoms with Gasteiger partial charge in [0, 0.05) is 13.2 Å². The maximum atomic E-state index is 12.6. The standard InChI is InChI=1S/C31H61O8PSi/c1-12-34-21-22-35-23-29(11)16-18-30(39-41(25(4)5,26(6)7)27(8)9)17-15-28(10)19-20-36-31(32)24-40(33,37-13-2)38-14-3/h15,17,19,25-27,29-30H,12-14,16,18,20-24H2,1-11H3/b17-15+,28-19-/t29-,30-/m0/s1. The maximum absolute atomic E-state index is 12.6. The van der Waals surface area contributed by atoms with Gasteiger partial charge in [-0.1, -0.05) is 66.2 Å². The lowest BCUT2D eigenvalue weighted by atomic mass is 10.0. The summed E-state index contributed by atoms with van der Waals surface area (Å²) < 4.78 is 46.5. The van der Waals surface area contributed by atoms with Gasteiger partial charge in [-0.25, -0.2) is 0 Å². The van der Waals surface area contributed by atoms with E-state index in [1.807, 2.05) is 26.0 Å². The molecule has 0 aliphatic carbocycles. The van der Waals surface area contributed by atoms with Gasteiger partial charge in [0.25, 0.3) is 0 Å². The molecule has 0 N–H and O–H groups in total.